The van der Waals surface area contributed by atoms with E-state index in [0.29, 0.717) is 0 Å². The van der Waals surface area contributed by atoms with E-state index in [0.717, 1.165) is 25.7 Å². The van der Waals surface area contributed by atoms with Gasteiger partial charge in [0.25, 0.3) is 0 Å². The number of aldehydes is 1. The zero-order valence-electron chi connectivity index (χ0n) is 7.30. The third kappa shape index (κ3) is 2.03. The van der Waals surface area contributed by atoms with Crippen LogP contribution >= 0.6 is 0 Å². The number of hydrogen-bond acceptors (Lipinski definition) is 2. The van der Waals surface area contributed by atoms with E-state index in [4.69, 9.17) is 4.74 Å². The van der Waals surface area contributed by atoms with Crippen molar-refractivity contribution in [1.29, 1.82) is 0 Å². The highest BCUT2D eigenvalue weighted by Crippen LogP contribution is 2.27. The average molecular weight is 156 g/mol. The second-order valence-electron chi connectivity index (χ2n) is 3.79. The van der Waals surface area contributed by atoms with E-state index < -0.39 is 0 Å². The SMILES string of the molecule is CC(C)(C=O)[C@H]1CCCCO1. The zero-order chi connectivity index (χ0) is 8.32. The van der Waals surface area contributed by atoms with Crippen LogP contribution in [-0.2, 0) is 9.53 Å². The number of rotatable bonds is 2. The molecule has 0 aromatic carbocycles. The fraction of sp³-hybridized carbons (Fsp3) is 0.889. The fourth-order valence-corrected chi connectivity index (χ4v) is 1.40. The van der Waals surface area contributed by atoms with Crippen molar-refractivity contribution in [3.05, 3.63) is 0 Å². The van der Waals surface area contributed by atoms with Crippen LogP contribution in [0.4, 0.5) is 0 Å². The molecule has 0 bridgehead atoms. The summed E-state index contributed by atoms with van der Waals surface area (Å²) < 4.78 is 5.50. The van der Waals surface area contributed by atoms with E-state index in [1.165, 1.54) is 6.42 Å². The maximum atomic E-state index is 10.6. The number of carbonyl (C=O) groups excluding carboxylic acids is 1. The van der Waals surface area contributed by atoms with Crippen molar-refractivity contribution in [2.24, 2.45) is 5.41 Å². The molecule has 1 fully saturated rings. The summed E-state index contributed by atoms with van der Waals surface area (Å²) in [6, 6.07) is 0. The predicted molar refractivity (Wildman–Crippen MR) is 43.4 cm³/mol. The third-order valence-corrected chi connectivity index (χ3v) is 2.31. The summed E-state index contributed by atoms with van der Waals surface area (Å²) in [5.41, 5.74) is -0.291. The maximum Gasteiger partial charge on any atom is 0.128 e. The Bertz CT molecular complexity index is 134. The minimum atomic E-state index is -0.291. The molecule has 2 heteroatoms. The van der Waals surface area contributed by atoms with Crippen LogP contribution in [0.2, 0.25) is 0 Å². The fourth-order valence-electron chi connectivity index (χ4n) is 1.40. The molecule has 0 radical (unpaired) electrons. The van der Waals surface area contributed by atoms with Gasteiger partial charge in [-0.1, -0.05) is 13.8 Å². The van der Waals surface area contributed by atoms with Gasteiger partial charge in [-0.2, -0.15) is 0 Å². The summed E-state index contributed by atoms with van der Waals surface area (Å²) in [6.07, 6.45) is 4.52. The lowest BCUT2D eigenvalue weighted by atomic mass is 9.84. The zero-order valence-corrected chi connectivity index (χ0v) is 7.30. The molecule has 1 aliphatic heterocycles. The van der Waals surface area contributed by atoms with Crippen LogP contribution < -0.4 is 0 Å². The lowest BCUT2D eigenvalue weighted by Crippen LogP contribution is -2.35. The lowest BCUT2D eigenvalue weighted by molar-refractivity contribution is -0.126. The Balaban J connectivity index is 2.50. The molecule has 64 valence electrons. The Morgan fingerprint density at radius 1 is 1.45 bits per heavy atom. The minimum absolute atomic E-state index is 0.147. The first-order chi connectivity index (χ1) is 5.17. The first-order valence-electron chi connectivity index (χ1n) is 4.25. The smallest absolute Gasteiger partial charge is 0.128 e. The normalized spacial score (nSPS) is 26.5. The van der Waals surface area contributed by atoms with Crippen LogP contribution in [0, 0.1) is 5.41 Å². The second-order valence-corrected chi connectivity index (χ2v) is 3.79. The molecule has 0 unspecified atom stereocenters. The van der Waals surface area contributed by atoms with Gasteiger partial charge in [0.1, 0.15) is 6.29 Å². The standard InChI is InChI=1S/C9H16O2/c1-9(2,7-10)8-5-3-4-6-11-8/h7-8H,3-6H2,1-2H3/t8-/m1/s1. The van der Waals surface area contributed by atoms with Crippen LogP contribution in [0.25, 0.3) is 0 Å². The third-order valence-electron chi connectivity index (χ3n) is 2.31. The second kappa shape index (κ2) is 3.35. The van der Waals surface area contributed by atoms with Crippen molar-refractivity contribution in [3.63, 3.8) is 0 Å². The quantitative estimate of drug-likeness (QED) is 0.570. The van der Waals surface area contributed by atoms with Crippen molar-refractivity contribution in [2.75, 3.05) is 6.61 Å². The number of ether oxygens (including phenoxy) is 1. The highest BCUT2D eigenvalue weighted by molar-refractivity contribution is 5.59. The highest BCUT2D eigenvalue weighted by Gasteiger charge is 2.30. The first-order valence-corrected chi connectivity index (χ1v) is 4.25. The van der Waals surface area contributed by atoms with Crippen molar-refractivity contribution >= 4 is 6.29 Å². The van der Waals surface area contributed by atoms with Crippen LogP contribution in [0.3, 0.4) is 0 Å². The van der Waals surface area contributed by atoms with E-state index >= 15 is 0 Å². The molecule has 0 N–H and O–H groups in total. The molecule has 2 nitrogen and oxygen atoms in total. The van der Waals surface area contributed by atoms with E-state index in [1.54, 1.807) is 0 Å². The first kappa shape index (κ1) is 8.72. The van der Waals surface area contributed by atoms with E-state index in [-0.39, 0.29) is 11.5 Å². The predicted octanol–water partition coefficient (Wildman–Crippen LogP) is 1.78. The van der Waals surface area contributed by atoms with Gasteiger partial charge < -0.3 is 9.53 Å². The van der Waals surface area contributed by atoms with E-state index in [2.05, 4.69) is 0 Å². The van der Waals surface area contributed by atoms with E-state index in [9.17, 15) is 4.79 Å². The Hall–Kier alpha value is -0.370. The summed E-state index contributed by atoms with van der Waals surface area (Å²) >= 11 is 0. The molecule has 0 saturated carbocycles. The van der Waals surface area contributed by atoms with Gasteiger partial charge in [-0.05, 0) is 19.3 Å². The van der Waals surface area contributed by atoms with Gasteiger partial charge in [-0.15, -0.1) is 0 Å². The number of hydrogen-bond donors (Lipinski definition) is 0. The van der Waals surface area contributed by atoms with Crippen molar-refractivity contribution < 1.29 is 9.53 Å². The maximum absolute atomic E-state index is 10.6. The average Bonchev–Trinajstić information content (AvgIpc) is 2.06. The van der Waals surface area contributed by atoms with Gasteiger partial charge in [0.2, 0.25) is 0 Å². The lowest BCUT2D eigenvalue weighted by Gasteiger charge is -2.32. The molecule has 1 atom stereocenters. The molecule has 1 saturated heterocycles. The molecule has 0 spiro atoms. The Kier molecular flexibility index (Phi) is 2.66. The van der Waals surface area contributed by atoms with E-state index in [1.807, 2.05) is 13.8 Å². The van der Waals surface area contributed by atoms with Crippen LogP contribution in [0.1, 0.15) is 33.1 Å². The summed E-state index contributed by atoms with van der Waals surface area (Å²) in [4.78, 5) is 10.6. The van der Waals surface area contributed by atoms with Gasteiger partial charge in [0.15, 0.2) is 0 Å². The number of carbonyl (C=O) groups is 1. The molecule has 0 amide bonds. The Morgan fingerprint density at radius 2 is 2.18 bits per heavy atom. The van der Waals surface area contributed by atoms with Crippen molar-refractivity contribution in [2.45, 2.75) is 39.2 Å². The van der Waals surface area contributed by atoms with Gasteiger partial charge >= 0.3 is 0 Å². The summed E-state index contributed by atoms with van der Waals surface area (Å²) in [5, 5.41) is 0. The highest BCUT2D eigenvalue weighted by atomic mass is 16.5. The summed E-state index contributed by atoms with van der Waals surface area (Å²) in [7, 11) is 0. The van der Waals surface area contributed by atoms with Gasteiger partial charge in [-0.3, -0.25) is 0 Å². The largest absolute Gasteiger partial charge is 0.377 e. The molecule has 11 heavy (non-hydrogen) atoms. The monoisotopic (exact) mass is 156 g/mol. The molecule has 0 aromatic heterocycles. The van der Waals surface area contributed by atoms with Crippen molar-refractivity contribution in [1.82, 2.24) is 0 Å². The molecule has 1 aliphatic rings. The summed E-state index contributed by atoms with van der Waals surface area (Å²) in [5.74, 6) is 0. The molecule has 0 aromatic rings. The summed E-state index contributed by atoms with van der Waals surface area (Å²) in [6.45, 7) is 4.70. The Morgan fingerprint density at radius 3 is 2.64 bits per heavy atom. The molecule has 1 heterocycles. The molecule has 1 rings (SSSR count). The van der Waals surface area contributed by atoms with Crippen LogP contribution in [0.5, 0.6) is 0 Å². The van der Waals surface area contributed by atoms with Crippen LogP contribution in [-0.4, -0.2) is 19.0 Å². The minimum Gasteiger partial charge on any atom is -0.377 e. The molecular formula is C9H16O2. The van der Waals surface area contributed by atoms with Gasteiger partial charge in [-0.25, -0.2) is 0 Å². The Labute approximate surface area is 67.9 Å². The molecule has 0 aliphatic carbocycles. The topological polar surface area (TPSA) is 26.3 Å². The van der Waals surface area contributed by atoms with Gasteiger partial charge in [0.05, 0.1) is 6.10 Å². The van der Waals surface area contributed by atoms with Crippen molar-refractivity contribution in [3.8, 4) is 0 Å². The van der Waals surface area contributed by atoms with Crippen LogP contribution in [0.15, 0.2) is 0 Å². The van der Waals surface area contributed by atoms with Gasteiger partial charge in [0, 0.05) is 12.0 Å². The molecular weight excluding hydrogens is 140 g/mol.